The van der Waals surface area contributed by atoms with Crippen molar-refractivity contribution in [1.29, 1.82) is 0 Å². The lowest BCUT2D eigenvalue weighted by Crippen LogP contribution is -2.52. The van der Waals surface area contributed by atoms with Crippen LogP contribution in [0.15, 0.2) is 54.9 Å². The quantitative estimate of drug-likeness (QED) is 0.468. The SMILES string of the molecule is COc1ccc(NC(=O)[C@@H](C)N2CCN(c3ccc([N+](=O)[O-])c4cnccc34)CC2)cc1. The van der Waals surface area contributed by atoms with Gasteiger partial charge in [0.25, 0.3) is 5.69 Å². The molecule has 3 aromatic rings. The molecule has 32 heavy (non-hydrogen) atoms. The van der Waals surface area contributed by atoms with Gasteiger partial charge < -0.3 is 15.0 Å². The first-order valence-electron chi connectivity index (χ1n) is 10.4. The highest BCUT2D eigenvalue weighted by atomic mass is 16.6. The molecule has 0 aliphatic carbocycles. The maximum absolute atomic E-state index is 12.7. The van der Waals surface area contributed by atoms with Crippen molar-refractivity contribution in [3.8, 4) is 5.75 Å². The number of aromatic nitrogens is 1. The molecule has 9 heteroatoms. The first-order chi connectivity index (χ1) is 15.5. The minimum atomic E-state index is -0.380. The smallest absolute Gasteiger partial charge is 0.278 e. The predicted molar refractivity (Wildman–Crippen MR) is 123 cm³/mol. The number of rotatable bonds is 6. The van der Waals surface area contributed by atoms with E-state index in [-0.39, 0.29) is 22.6 Å². The zero-order chi connectivity index (χ0) is 22.7. The Bertz CT molecular complexity index is 1130. The Morgan fingerprint density at radius 1 is 1.09 bits per heavy atom. The van der Waals surface area contributed by atoms with Gasteiger partial charge in [0.2, 0.25) is 5.91 Å². The predicted octanol–water partition coefficient (Wildman–Crippen LogP) is 3.30. The van der Waals surface area contributed by atoms with Gasteiger partial charge in [0, 0.05) is 61.4 Å². The minimum absolute atomic E-state index is 0.0549. The number of nitrogens with zero attached hydrogens (tertiary/aromatic N) is 4. The first kappa shape index (κ1) is 21.5. The second-order valence-electron chi connectivity index (χ2n) is 7.70. The Morgan fingerprint density at radius 2 is 1.81 bits per heavy atom. The second kappa shape index (κ2) is 9.19. The van der Waals surface area contributed by atoms with Gasteiger partial charge in [0.1, 0.15) is 5.75 Å². The third-order valence-corrected chi connectivity index (χ3v) is 5.91. The number of ether oxygens (including phenoxy) is 1. The molecule has 1 atom stereocenters. The number of nitrogens with one attached hydrogen (secondary N) is 1. The monoisotopic (exact) mass is 435 g/mol. The molecule has 4 rings (SSSR count). The van der Waals surface area contributed by atoms with Gasteiger partial charge in [-0.05, 0) is 43.3 Å². The molecule has 0 unspecified atom stereocenters. The number of carbonyl (C=O) groups excluding carboxylic acids is 1. The molecule has 9 nitrogen and oxygen atoms in total. The lowest BCUT2D eigenvalue weighted by molar-refractivity contribution is -0.383. The fourth-order valence-electron chi connectivity index (χ4n) is 4.03. The van der Waals surface area contributed by atoms with Gasteiger partial charge >= 0.3 is 0 Å². The Kier molecular flexibility index (Phi) is 6.18. The molecule has 1 amide bonds. The van der Waals surface area contributed by atoms with Gasteiger partial charge in [-0.1, -0.05) is 0 Å². The van der Waals surface area contributed by atoms with Crippen LogP contribution in [-0.2, 0) is 4.79 Å². The van der Waals surface area contributed by atoms with E-state index in [1.54, 1.807) is 25.6 Å². The van der Waals surface area contributed by atoms with Crippen LogP contribution >= 0.6 is 0 Å². The van der Waals surface area contributed by atoms with Crippen LogP contribution in [0.3, 0.4) is 0 Å². The lowest BCUT2D eigenvalue weighted by Gasteiger charge is -2.38. The molecule has 1 aliphatic heterocycles. The molecular formula is C23H25N5O4. The van der Waals surface area contributed by atoms with E-state index in [0.29, 0.717) is 18.5 Å². The van der Waals surface area contributed by atoms with Crippen molar-refractivity contribution in [1.82, 2.24) is 9.88 Å². The Hall–Kier alpha value is -3.72. The molecule has 1 N–H and O–H groups in total. The summed E-state index contributed by atoms with van der Waals surface area (Å²) in [5.41, 5.74) is 1.73. The fourth-order valence-corrected chi connectivity index (χ4v) is 4.03. The number of piperazine rings is 1. The molecule has 0 bridgehead atoms. The number of hydrogen-bond donors (Lipinski definition) is 1. The Balaban J connectivity index is 1.42. The summed E-state index contributed by atoms with van der Waals surface area (Å²) in [6, 6.07) is 12.1. The third-order valence-electron chi connectivity index (χ3n) is 5.91. The molecule has 0 saturated carbocycles. The van der Waals surface area contributed by atoms with E-state index in [2.05, 4.69) is 20.1 Å². The van der Waals surface area contributed by atoms with Crippen molar-refractivity contribution in [2.75, 3.05) is 43.5 Å². The Labute approximate surface area is 185 Å². The number of methoxy groups -OCH3 is 1. The molecule has 2 aromatic carbocycles. The summed E-state index contributed by atoms with van der Waals surface area (Å²) in [6.45, 7) is 4.76. The molecule has 1 saturated heterocycles. The van der Waals surface area contributed by atoms with E-state index in [4.69, 9.17) is 4.74 Å². The number of hydrogen-bond acceptors (Lipinski definition) is 7. The van der Waals surface area contributed by atoms with E-state index < -0.39 is 0 Å². The van der Waals surface area contributed by atoms with Crippen molar-refractivity contribution in [2.24, 2.45) is 0 Å². The lowest BCUT2D eigenvalue weighted by atomic mass is 10.1. The van der Waals surface area contributed by atoms with E-state index in [0.717, 1.165) is 35.6 Å². The number of nitro groups is 1. The average Bonchev–Trinajstić information content (AvgIpc) is 2.83. The molecule has 1 fully saturated rings. The number of amides is 1. The number of non-ortho nitro benzene ring substituents is 1. The topological polar surface area (TPSA) is 101 Å². The summed E-state index contributed by atoms with van der Waals surface area (Å²) < 4.78 is 5.15. The van der Waals surface area contributed by atoms with Crippen molar-refractivity contribution in [2.45, 2.75) is 13.0 Å². The normalized spacial score (nSPS) is 15.4. The van der Waals surface area contributed by atoms with Gasteiger partial charge in [0.05, 0.1) is 23.5 Å². The number of anilines is 2. The summed E-state index contributed by atoms with van der Waals surface area (Å²) >= 11 is 0. The number of carbonyl (C=O) groups is 1. The van der Waals surface area contributed by atoms with Gasteiger partial charge in [-0.2, -0.15) is 0 Å². The third kappa shape index (κ3) is 4.33. The van der Waals surface area contributed by atoms with Gasteiger partial charge in [-0.3, -0.25) is 24.8 Å². The molecule has 2 heterocycles. The largest absolute Gasteiger partial charge is 0.497 e. The van der Waals surface area contributed by atoms with Crippen LogP contribution in [0, 0.1) is 10.1 Å². The average molecular weight is 435 g/mol. The van der Waals surface area contributed by atoms with Gasteiger partial charge in [0.15, 0.2) is 0 Å². The van der Waals surface area contributed by atoms with Crippen molar-refractivity contribution in [3.05, 3.63) is 65.0 Å². The molecule has 0 radical (unpaired) electrons. The highest BCUT2D eigenvalue weighted by molar-refractivity contribution is 5.99. The van der Waals surface area contributed by atoms with Gasteiger partial charge in [-0.25, -0.2) is 0 Å². The number of nitro benzene ring substituents is 1. The highest BCUT2D eigenvalue weighted by Crippen LogP contribution is 2.33. The van der Waals surface area contributed by atoms with Crippen LogP contribution in [0.4, 0.5) is 17.1 Å². The van der Waals surface area contributed by atoms with E-state index in [1.165, 1.54) is 6.07 Å². The summed E-state index contributed by atoms with van der Waals surface area (Å²) in [5, 5.41) is 15.7. The standard InChI is InChI=1S/C23H25N5O4/c1-16(23(29)25-17-3-5-18(32-2)6-4-17)26-11-13-27(14-12-26)21-7-8-22(28(30)31)20-15-24-10-9-19(20)21/h3-10,15-16H,11-14H2,1-2H3,(H,25,29)/t16-/m1/s1. The van der Waals surface area contributed by atoms with E-state index in [1.807, 2.05) is 37.3 Å². The molecule has 1 aromatic heterocycles. The van der Waals surface area contributed by atoms with E-state index >= 15 is 0 Å². The molecular weight excluding hydrogens is 410 g/mol. The highest BCUT2D eigenvalue weighted by Gasteiger charge is 2.27. The first-order valence-corrected chi connectivity index (χ1v) is 10.4. The number of fused-ring (bicyclic) bond motifs is 1. The van der Waals surface area contributed by atoms with Crippen molar-refractivity contribution < 1.29 is 14.5 Å². The zero-order valence-corrected chi connectivity index (χ0v) is 18.0. The van der Waals surface area contributed by atoms with Crippen LogP contribution in [0.25, 0.3) is 10.8 Å². The van der Waals surface area contributed by atoms with Crippen LogP contribution in [0.1, 0.15) is 6.92 Å². The summed E-state index contributed by atoms with van der Waals surface area (Å²) in [5.74, 6) is 0.678. The maximum atomic E-state index is 12.7. The maximum Gasteiger partial charge on any atom is 0.278 e. The summed E-state index contributed by atoms with van der Waals surface area (Å²) in [6.07, 6.45) is 3.19. The molecule has 0 spiro atoms. The zero-order valence-electron chi connectivity index (χ0n) is 18.0. The number of benzene rings is 2. The number of pyridine rings is 1. The van der Waals surface area contributed by atoms with Crippen LogP contribution < -0.4 is 15.0 Å². The fraction of sp³-hybridized carbons (Fsp3) is 0.304. The summed E-state index contributed by atoms with van der Waals surface area (Å²) in [7, 11) is 1.60. The minimum Gasteiger partial charge on any atom is -0.497 e. The van der Waals surface area contributed by atoms with Crippen LogP contribution in [-0.4, -0.2) is 60.0 Å². The van der Waals surface area contributed by atoms with Crippen LogP contribution in [0.2, 0.25) is 0 Å². The molecule has 1 aliphatic rings. The Morgan fingerprint density at radius 3 is 2.47 bits per heavy atom. The second-order valence-corrected chi connectivity index (χ2v) is 7.70. The van der Waals surface area contributed by atoms with Crippen molar-refractivity contribution >= 4 is 33.7 Å². The van der Waals surface area contributed by atoms with Crippen molar-refractivity contribution in [3.63, 3.8) is 0 Å². The molecule has 166 valence electrons. The van der Waals surface area contributed by atoms with Crippen LogP contribution in [0.5, 0.6) is 5.75 Å². The van der Waals surface area contributed by atoms with E-state index in [9.17, 15) is 14.9 Å². The summed E-state index contributed by atoms with van der Waals surface area (Å²) in [4.78, 5) is 32.1. The van der Waals surface area contributed by atoms with Gasteiger partial charge in [-0.15, -0.1) is 0 Å².